The van der Waals surface area contributed by atoms with E-state index >= 15 is 0 Å². The highest BCUT2D eigenvalue weighted by Gasteiger charge is 1.91. The van der Waals surface area contributed by atoms with E-state index in [0.717, 1.165) is 12.0 Å². The minimum atomic E-state index is 0.698. The second-order valence-corrected chi connectivity index (χ2v) is 2.27. The van der Waals surface area contributed by atoms with Crippen molar-refractivity contribution in [3.05, 3.63) is 53.9 Å². The minimum Gasteiger partial charge on any atom is -0.238 e. The zero-order valence-corrected chi connectivity index (χ0v) is 6.25. The van der Waals surface area contributed by atoms with Crippen LogP contribution in [0.5, 0.6) is 0 Å². The van der Waals surface area contributed by atoms with Gasteiger partial charge in [-0.15, -0.1) is 6.58 Å². The van der Waals surface area contributed by atoms with E-state index in [1.54, 1.807) is 6.07 Å². The Balaban J connectivity index is 2.93. The van der Waals surface area contributed by atoms with Gasteiger partial charge in [0.1, 0.15) is 0 Å². The number of rotatable bonds is 2. The Morgan fingerprint density at radius 2 is 2.36 bits per heavy atom. The van der Waals surface area contributed by atoms with Crippen LogP contribution in [0.1, 0.15) is 5.56 Å². The zero-order valence-electron chi connectivity index (χ0n) is 6.25. The molecule has 0 aliphatic rings. The van der Waals surface area contributed by atoms with Gasteiger partial charge < -0.3 is 0 Å². The highest BCUT2D eigenvalue weighted by Crippen LogP contribution is 2.13. The maximum absolute atomic E-state index is 6.77. The van der Waals surface area contributed by atoms with Gasteiger partial charge in [0, 0.05) is 0 Å². The predicted molar refractivity (Wildman–Crippen MR) is 46.6 cm³/mol. The summed E-state index contributed by atoms with van der Waals surface area (Å²) >= 11 is 0. The number of benzene rings is 1. The first-order valence-corrected chi connectivity index (χ1v) is 3.44. The van der Waals surface area contributed by atoms with Gasteiger partial charge in [-0.3, -0.25) is 0 Å². The molecule has 0 amide bonds. The standard InChI is InChI=1S/C10H9N/c1-3-5-9-6-4-7-10(8-9)11-2/h3-4,6-8H,1,5H2. The summed E-state index contributed by atoms with van der Waals surface area (Å²) in [5, 5.41) is 0. The molecule has 0 atom stereocenters. The topological polar surface area (TPSA) is 4.36 Å². The van der Waals surface area contributed by atoms with E-state index in [2.05, 4.69) is 11.4 Å². The molecule has 1 rings (SSSR count). The van der Waals surface area contributed by atoms with Gasteiger partial charge in [-0.25, -0.2) is 4.85 Å². The van der Waals surface area contributed by atoms with Crippen LogP contribution in [0.2, 0.25) is 0 Å². The van der Waals surface area contributed by atoms with Crippen LogP contribution in [0.25, 0.3) is 4.85 Å². The highest BCUT2D eigenvalue weighted by atomic mass is 14.6. The van der Waals surface area contributed by atoms with Crippen LogP contribution >= 0.6 is 0 Å². The van der Waals surface area contributed by atoms with Crippen molar-refractivity contribution in [2.45, 2.75) is 6.42 Å². The van der Waals surface area contributed by atoms with Gasteiger partial charge >= 0.3 is 0 Å². The molecular formula is C10H9N. The summed E-state index contributed by atoms with van der Waals surface area (Å²) in [4.78, 5) is 3.33. The van der Waals surface area contributed by atoms with Crippen molar-refractivity contribution < 1.29 is 0 Å². The SMILES string of the molecule is [C-]#[N+]c1cccc(CC=C)c1. The third kappa shape index (κ3) is 1.94. The maximum atomic E-state index is 6.77. The van der Waals surface area contributed by atoms with E-state index in [4.69, 9.17) is 6.57 Å². The molecule has 0 aliphatic carbocycles. The highest BCUT2D eigenvalue weighted by molar-refractivity contribution is 5.46. The van der Waals surface area contributed by atoms with Crippen LogP contribution in [0.4, 0.5) is 5.69 Å². The number of hydrogen-bond acceptors (Lipinski definition) is 0. The van der Waals surface area contributed by atoms with Crippen molar-refractivity contribution in [2.75, 3.05) is 0 Å². The fourth-order valence-electron chi connectivity index (χ4n) is 0.920. The average molecular weight is 143 g/mol. The molecule has 54 valence electrons. The van der Waals surface area contributed by atoms with E-state index in [1.165, 1.54) is 0 Å². The molecule has 1 nitrogen and oxygen atoms in total. The van der Waals surface area contributed by atoms with Crippen LogP contribution in [0.15, 0.2) is 36.9 Å². The van der Waals surface area contributed by atoms with Gasteiger partial charge in [-0.1, -0.05) is 35.9 Å². The largest absolute Gasteiger partial charge is 0.238 e. The molecule has 0 saturated heterocycles. The van der Waals surface area contributed by atoms with Gasteiger partial charge in [0.2, 0.25) is 0 Å². The third-order valence-corrected chi connectivity index (χ3v) is 1.42. The van der Waals surface area contributed by atoms with Crippen molar-refractivity contribution in [1.82, 2.24) is 0 Å². The Hall–Kier alpha value is -1.55. The van der Waals surface area contributed by atoms with E-state index in [-0.39, 0.29) is 0 Å². The molecule has 0 fully saturated rings. The van der Waals surface area contributed by atoms with E-state index in [0.29, 0.717) is 5.69 Å². The number of nitrogens with zero attached hydrogens (tertiary/aromatic N) is 1. The second kappa shape index (κ2) is 3.58. The van der Waals surface area contributed by atoms with Gasteiger partial charge in [-0.05, 0) is 6.42 Å². The molecule has 0 spiro atoms. The molecule has 0 N–H and O–H groups in total. The van der Waals surface area contributed by atoms with Crippen LogP contribution in [0.3, 0.4) is 0 Å². The summed E-state index contributed by atoms with van der Waals surface area (Å²) in [5.41, 5.74) is 1.85. The quantitative estimate of drug-likeness (QED) is 0.443. The fraction of sp³-hybridized carbons (Fsp3) is 0.100. The van der Waals surface area contributed by atoms with Gasteiger partial charge in [-0.2, -0.15) is 0 Å². The van der Waals surface area contributed by atoms with Crippen LogP contribution in [-0.2, 0) is 6.42 Å². The Bertz CT molecular complexity index is 294. The smallest absolute Gasteiger partial charge is 0.187 e. The van der Waals surface area contributed by atoms with Crippen molar-refractivity contribution in [3.8, 4) is 0 Å². The molecule has 0 heterocycles. The van der Waals surface area contributed by atoms with Crippen molar-refractivity contribution in [2.24, 2.45) is 0 Å². The zero-order chi connectivity index (χ0) is 8.10. The minimum absolute atomic E-state index is 0.698. The number of hydrogen-bond donors (Lipinski definition) is 0. The second-order valence-electron chi connectivity index (χ2n) is 2.27. The lowest BCUT2D eigenvalue weighted by Gasteiger charge is -1.95. The molecule has 11 heavy (non-hydrogen) atoms. The summed E-state index contributed by atoms with van der Waals surface area (Å²) in [6.45, 7) is 10.4. The Morgan fingerprint density at radius 1 is 1.55 bits per heavy atom. The van der Waals surface area contributed by atoms with Crippen LogP contribution < -0.4 is 0 Å². The van der Waals surface area contributed by atoms with Crippen molar-refractivity contribution >= 4 is 5.69 Å². The molecule has 0 unspecified atom stereocenters. The van der Waals surface area contributed by atoms with Crippen molar-refractivity contribution in [3.63, 3.8) is 0 Å². The summed E-state index contributed by atoms with van der Waals surface area (Å²) < 4.78 is 0. The first-order chi connectivity index (χ1) is 5.36. The molecule has 0 bridgehead atoms. The van der Waals surface area contributed by atoms with Gasteiger partial charge in [0.15, 0.2) is 5.69 Å². The molecule has 1 heteroatoms. The molecule has 1 aromatic carbocycles. The van der Waals surface area contributed by atoms with Crippen molar-refractivity contribution in [1.29, 1.82) is 0 Å². The Kier molecular flexibility index (Phi) is 2.46. The average Bonchev–Trinajstić information content (AvgIpc) is 2.06. The molecule has 1 aromatic rings. The summed E-state index contributed by atoms with van der Waals surface area (Å²) in [5.74, 6) is 0. The number of allylic oxidation sites excluding steroid dienone is 1. The van der Waals surface area contributed by atoms with Crippen LogP contribution in [-0.4, -0.2) is 0 Å². The van der Waals surface area contributed by atoms with Gasteiger partial charge in [0.25, 0.3) is 0 Å². The summed E-state index contributed by atoms with van der Waals surface area (Å²) in [6, 6.07) is 7.58. The molecule has 0 radical (unpaired) electrons. The lowest BCUT2D eigenvalue weighted by atomic mass is 10.1. The first kappa shape index (κ1) is 7.56. The molecule has 0 saturated carbocycles. The van der Waals surface area contributed by atoms with E-state index in [9.17, 15) is 0 Å². The van der Waals surface area contributed by atoms with Gasteiger partial charge in [0.05, 0.1) is 6.57 Å². The maximum Gasteiger partial charge on any atom is 0.187 e. The first-order valence-electron chi connectivity index (χ1n) is 3.44. The van der Waals surface area contributed by atoms with E-state index in [1.807, 2.05) is 24.3 Å². The molecule has 0 aliphatic heterocycles. The molecule has 0 aromatic heterocycles. The lowest BCUT2D eigenvalue weighted by Crippen LogP contribution is -1.77. The Morgan fingerprint density at radius 3 is 3.00 bits per heavy atom. The third-order valence-electron chi connectivity index (χ3n) is 1.42. The fourth-order valence-corrected chi connectivity index (χ4v) is 0.920. The molecular weight excluding hydrogens is 134 g/mol. The monoisotopic (exact) mass is 143 g/mol. The van der Waals surface area contributed by atoms with Crippen LogP contribution in [0, 0.1) is 6.57 Å². The normalized spacial score (nSPS) is 8.64. The van der Waals surface area contributed by atoms with E-state index < -0.39 is 0 Å². The Labute approximate surface area is 66.8 Å². The summed E-state index contributed by atoms with van der Waals surface area (Å²) in [6.07, 6.45) is 2.67. The predicted octanol–water partition coefficient (Wildman–Crippen LogP) is 2.97. The summed E-state index contributed by atoms with van der Waals surface area (Å²) in [7, 11) is 0. The lowest BCUT2D eigenvalue weighted by molar-refractivity contribution is 1.28.